The van der Waals surface area contributed by atoms with E-state index in [2.05, 4.69) is 48.3 Å². The minimum absolute atomic E-state index is 0.0968. The summed E-state index contributed by atoms with van der Waals surface area (Å²) in [4.78, 5) is 2.18. The van der Waals surface area contributed by atoms with Gasteiger partial charge in [0.05, 0.1) is 6.61 Å². The maximum atomic E-state index is 9.32. The van der Waals surface area contributed by atoms with E-state index in [1.165, 1.54) is 22.5 Å². The molecule has 3 aromatic rings. The van der Waals surface area contributed by atoms with Crippen LogP contribution in [-0.2, 0) is 12.8 Å². The topological polar surface area (TPSA) is 52.9 Å². The summed E-state index contributed by atoms with van der Waals surface area (Å²) in [5.41, 5.74) is 4.88. The second kappa shape index (κ2) is 9.93. The van der Waals surface area contributed by atoms with Crippen molar-refractivity contribution >= 4 is 11.4 Å². The molecule has 0 saturated carbocycles. The Morgan fingerprint density at radius 2 is 1.32 bits per heavy atom. The molecule has 0 bridgehead atoms. The number of benzene rings is 3. The summed E-state index contributed by atoms with van der Waals surface area (Å²) in [6.07, 6.45) is 1.08. The number of aryl methyl sites for hydroxylation is 2. The molecular weight excluding hydrogens is 350 g/mol. The summed E-state index contributed by atoms with van der Waals surface area (Å²) in [5.74, 6) is 0.699. The Hall–Kier alpha value is -2.82. The number of hydrogen-bond donors (Lipinski definition) is 2. The Balaban J connectivity index is 1.52. The number of nitrogens with zero attached hydrogens (tertiary/aromatic N) is 1. The number of aliphatic hydroxyl groups is 2. The van der Waals surface area contributed by atoms with Crippen molar-refractivity contribution in [2.75, 3.05) is 25.2 Å². The van der Waals surface area contributed by atoms with Gasteiger partial charge in [0.1, 0.15) is 18.5 Å². The molecule has 0 aliphatic carbocycles. The van der Waals surface area contributed by atoms with Crippen LogP contribution < -0.4 is 9.64 Å². The van der Waals surface area contributed by atoms with Crippen molar-refractivity contribution in [3.63, 3.8) is 0 Å². The predicted molar refractivity (Wildman–Crippen MR) is 113 cm³/mol. The lowest BCUT2D eigenvalue weighted by atomic mass is 10.0. The number of rotatable bonds is 9. The SMILES string of the molecule is CN(c1ccccc1)c1ccc(CCc2ccc(OCC(O)CO)cc2)cc1. The van der Waals surface area contributed by atoms with E-state index < -0.39 is 6.10 Å². The van der Waals surface area contributed by atoms with Gasteiger partial charge in [0.25, 0.3) is 0 Å². The van der Waals surface area contributed by atoms with Crippen molar-refractivity contribution in [1.82, 2.24) is 0 Å². The van der Waals surface area contributed by atoms with Gasteiger partial charge >= 0.3 is 0 Å². The number of aliphatic hydroxyl groups excluding tert-OH is 2. The standard InChI is InChI=1S/C24H27NO3/c1-25(21-5-3-2-4-6-21)22-13-9-19(10-14-22)7-8-20-11-15-24(16-12-20)28-18-23(27)17-26/h2-6,9-16,23,26-27H,7-8,17-18H2,1H3. The van der Waals surface area contributed by atoms with Crippen molar-refractivity contribution in [2.24, 2.45) is 0 Å². The van der Waals surface area contributed by atoms with Crippen molar-refractivity contribution < 1.29 is 14.9 Å². The third kappa shape index (κ3) is 5.59. The van der Waals surface area contributed by atoms with Crippen molar-refractivity contribution in [3.8, 4) is 5.75 Å². The molecule has 0 spiro atoms. The van der Waals surface area contributed by atoms with Crippen LogP contribution in [-0.4, -0.2) is 36.6 Å². The van der Waals surface area contributed by atoms with Crippen LogP contribution in [0.1, 0.15) is 11.1 Å². The molecule has 0 heterocycles. The lowest BCUT2D eigenvalue weighted by Crippen LogP contribution is -2.21. The summed E-state index contributed by atoms with van der Waals surface area (Å²) in [7, 11) is 2.08. The van der Waals surface area contributed by atoms with Crippen LogP contribution in [0.15, 0.2) is 78.9 Å². The van der Waals surface area contributed by atoms with Gasteiger partial charge in [0, 0.05) is 18.4 Å². The van der Waals surface area contributed by atoms with Crippen LogP contribution in [0.25, 0.3) is 0 Å². The zero-order chi connectivity index (χ0) is 19.8. The summed E-state index contributed by atoms with van der Waals surface area (Å²) >= 11 is 0. The van der Waals surface area contributed by atoms with Crippen LogP contribution in [0.5, 0.6) is 5.75 Å². The Morgan fingerprint density at radius 1 is 0.786 bits per heavy atom. The first-order valence-electron chi connectivity index (χ1n) is 9.54. The fourth-order valence-electron chi connectivity index (χ4n) is 2.97. The zero-order valence-corrected chi connectivity index (χ0v) is 16.2. The third-order valence-electron chi connectivity index (χ3n) is 4.75. The second-order valence-electron chi connectivity index (χ2n) is 6.85. The van der Waals surface area contributed by atoms with Crippen LogP contribution in [0.3, 0.4) is 0 Å². The van der Waals surface area contributed by atoms with E-state index in [1.807, 2.05) is 42.5 Å². The Morgan fingerprint density at radius 3 is 1.89 bits per heavy atom. The molecule has 4 nitrogen and oxygen atoms in total. The van der Waals surface area contributed by atoms with Crippen LogP contribution in [0.4, 0.5) is 11.4 Å². The third-order valence-corrected chi connectivity index (χ3v) is 4.75. The maximum Gasteiger partial charge on any atom is 0.119 e. The quantitative estimate of drug-likeness (QED) is 0.592. The second-order valence-corrected chi connectivity index (χ2v) is 6.85. The van der Waals surface area contributed by atoms with E-state index >= 15 is 0 Å². The highest BCUT2D eigenvalue weighted by molar-refractivity contribution is 5.62. The molecule has 0 radical (unpaired) electrons. The molecule has 0 fully saturated rings. The van der Waals surface area contributed by atoms with Crippen molar-refractivity contribution in [3.05, 3.63) is 90.0 Å². The monoisotopic (exact) mass is 377 g/mol. The van der Waals surface area contributed by atoms with E-state index in [0.29, 0.717) is 5.75 Å². The van der Waals surface area contributed by atoms with Crippen LogP contribution >= 0.6 is 0 Å². The van der Waals surface area contributed by atoms with Gasteiger partial charge in [0.2, 0.25) is 0 Å². The lowest BCUT2D eigenvalue weighted by molar-refractivity contribution is 0.0536. The van der Waals surface area contributed by atoms with Gasteiger partial charge in [-0.05, 0) is 60.4 Å². The summed E-state index contributed by atoms with van der Waals surface area (Å²) in [6.45, 7) is -0.197. The van der Waals surface area contributed by atoms with Gasteiger partial charge in [-0.25, -0.2) is 0 Å². The first kappa shape index (κ1) is 19.9. The molecular formula is C24H27NO3. The molecule has 146 valence electrons. The molecule has 3 aromatic carbocycles. The molecule has 4 heteroatoms. The minimum atomic E-state index is -0.844. The predicted octanol–water partition coefficient (Wildman–Crippen LogP) is 3.97. The van der Waals surface area contributed by atoms with E-state index in [-0.39, 0.29) is 13.2 Å². The highest BCUT2D eigenvalue weighted by atomic mass is 16.5. The number of para-hydroxylation sites is 1. The van der Waals surface area contributed by atoms with Crippen molar-refractivity contribution in [2.45, 2.75) is 18.9 Å². The fourth-order valence-corrected chi connectivity index (χ4v) is 2.97. The fraction of sp³-hybridized carbons (Fsp3) is 0.250. The molecule has 1 unspecified atom stereocenters. The normalized spacial score (nSPS) is 11.8. The molecule has 2 N–H and O–H groups in total. The minimum Gasteiger partial charge on any atom is -0.491 e. The van der Waals surface area contributed by atoms with Gasteiger partial charge in [-0.2, -0.15) is 0 Å². The van der Waals surface area contributed by atoms with E-state index in [9.17, 15) is 5.11 Å². The lowest BCUT2D eigenvalue weighted by Gasteiger charge is -2.19. The molecule has 0 saturated heterocycles. The van der Waals surface area contributed by atoms with E-state index in [1.54, 1.807) is 0 Å². The Bertz CT molecular complexity index is 832. The van der Waals surface area contributed by atoms with Crippen LogP contribution in [0.2, 0.25) is 0 Å². The summed E-state index contributed by atoms with van der Waals surface area (Å²) < 4.78 is 5.43. The first-order chi connectivity index (χ1) is 13.7. The average Bonchev–Trinajstić information content (AvgIpc) is 2.77. The molecule has 0 aliphatic heterocycles. The molecule has 0 amide bonds. The first-order valence-corrected chi connectivity index (χ1v) is 9.54. The number of hydrogen-bond acceptors (Lipinski definition) is 4. The van der Waals surface area contributed by atoms with E-state index in [0.717, 1.165) is 12.8 Å². The number of ether oxygens (including phenoxy) is 1. The van der Waals surface area contributed by atoms with Gasteiger partial charge in [-0.15, -0.1) is 0 Å². The number of anilines is 2. The molecule has 1 atom stereocenters. The summed E-state index contributed by atoms with van der Waals surface area (Å²) in [5, 5.41) is 18.1. The molecule has 28 heavy (non-hydrogen) atoms. The Labute approximate surface area is 166 Å². The van der Waals surface area contributed by atoms with E-state index in [4.69, 9.17) is 9.84 Å². The zero-order valence-electron chi connectivity index (χ0n) is 16.2. The van der Waals surface area contributed by atoms with Crippen molar-refractivity contribution in [1.29, 1.82) is 0 Å². The largest absolute Gasteiger partial charge is 0.491 e. The summed E-state index contributed by atoms with van der Waals surface area (Å²) in [6, 6.07) is 26.9. The van der Waals surface area contributed by atoms with Gasteiger partial charge in [-0.3, -0.25) is 0 Å². The van der Waals surface area contributed by atoms with Gasteiger partial charge < -0.3 is 19.8 Å². The maximum absolute atomic E-state index is 9.32. The smallest absolute Gasteiger partial charge is 0.119 e. The molecule has 0 aromatic heterocycles. The van der Waals surface area contributed by atoms with Gasteiger partial charge in [0.15, 0.2) is 0 Å². The van der Waals surface area contributed by atoms with Crippen LogP contribution in [0, 0.1) is 0 Å². The Kier molecular flexibility index (Phi) is 7.06. The molecule has 3 rings (SSSR count). The average molecular weight is 377 g/mol. The molecule has 0 aliphatic rings. The highest BCUT2D eigenvalue weighted by Gasteiger charge is 2.05. The highest BCUT2D eigenvalue weighted by Crippen LogP contribution is 2.23. The van der Waals surface area contributed by atoms with Gasteiger partial charge in [-0.1, -0.05) is 42.5 Å².